The lowest BCUT2D eigenvalue weighted by Gasteiger charge is -2.10. The van der Waals surface area contributed by atoms with Crippen LogP contribution in [0.25, 0.3) is 16.9 Å². The van der Waals surface area contributed by atoms with Gasteiger partial charge in [0.05, 0.1) is 16.7 Å². The summed E-state index contributed by atoms with van der Waals surface area (Å²) < 4.78 is 37.3. The molecule has 2 aromatic carbocycles. The Kier molecular flexibility index (Phi) is 7.42. The number of benzene rings is 2. The van der Waals surface area contributed by atoms with Crippen molar-refractivity contribution in [3.63, 3.8) is 0 Å². The molecule has 35 heavy (non-hydrogen) atoms. The molecule has 8 nitrogen and oxygen atoms in total. The molecular formula is C23H18Cl3N3O5S. The van der Waals surface area contributed by atoms with Crippen LogP contribution >= 0.6 is 34.8 Å². The minimum Gasteiger partial charge on any atom is -0.465 e. The van der Waals surface area contributed by atoms with Crippen molar-refractivity contribution in [2.75, 3.05) is 18.5 Å². The van der Waals surface area contributed by atoms with Crippen molar-refractivity contribution in [3.8, 4) is 17.0 Å². The first-order valence-electron chi connectivity index (χ1n) is 10.2. The minimum atomic E-state index is -4.22. The van der Waals surface area contributed by atoms with Crippen LogP contribution in [-0.2, 0) is 19.6 Å². The zero-order valence-electron chi connectivity index (χ0n) is 18.2. The lowest BCUT2D eigenvalue weighted by Crippen LogP contribution is -2.17. The van der Waals surface area contributed by atoms with Gasteiger partial charge in [0.2, 0.25) is 0 Å². The summed E-state index contributed by atoms with van der Waals surface area (Å²) >= 11 is 18.1. The summed E-state index contributed by atoms with van der Waals surface area (Å²) in [6, 6.07) is 13.8. The molecule has 0 amide bonds. The molecule has 0 aliphatic carbocycles. The van der Waals surface area contributed by atoms with E-state index in [0.29, 0.717) is 27.7 Å². The molecule has 0 aliphatic rings. The molecule has 2 heterocycles. The zero-order valence-corrected chi connectivity index (χ0v) is 21.2. The summed E-state index contributed by atoms with van der Waals surface area (Å²) in [4.78, 5) is 16.3. The van der Waals surface area contributed by atoms with Crippen LogP contribution in [0.15, 0.2) is 65.7 Å². The maximum absolute atomic E-state index is 12.7. The largest absolute Gasteiger partial charge is 0.465 e. The SMILES string of the molecule is CCOC(=O)CNc1c(-c2ccc(OS(=O)(=O)c3cc(Cl)ccc3Cl)cc2)nc2ccc(Cl)cn12. The number of carbonyl (C=O) groups excluding carboxylic acids is 1. The Hall–Kier alpha value is -2.98. The van der Waals surface area contributed by atoms with E-state index in [2.05, 4.69) is 10.3 Å². The Morgan fingerprint density at radius 2 is 1.74 bits per heavy atom. The van der Waals surface area contributed by atoms with E-state index in [1.807, 2.05) is 0 Å². The lowest BCUT2D eigenvalue weighted by atomic mass is 10.1. The number of nitrogens with zero attached hydrogens (tertiary/aromatic N) is 2. The Labute approximate surface area is 216 Å². The normalized spacial score (nSPS) is 11.4. The van der Waals surface area contributed by atoms with Gasteiger partial charge in [-0.15, -0.1) is 0 Å². The predicted octanol–water partition coefficient (Wildman–Crippen LogP) is 5.70. The van der Waals surface area contributed by atoms with E-state index in [-0.39, 0.29) is 33.8 Å². The Morgan fingerprint density at radius 3 is 2.46 bits per heavy atom. The van der Waals surface area contributed by atoms with E-state index in [1.165, 1.54) is 30.3 Å². The number of hydrogen-bond donors (Lipinski definition) is 1. The number of imidazole rings is 1. The summed E-state index contributed by atoms with van der Waals surface area (Å²) in [7, 11) is -4.22. The number of aromatic nitrogens is 2. The van der Waals surface area contributed by atoms with Gasteiger partial charge >= 0.3 is 16.1 Å². The van der Waals surface area contributed by atoms with Gasteiger partial charge in [0, 0.05) is 16.8 Å². The number of anilines is 1. The Balaban J connectivity index is 1.65. The third-order valence-electron chi connectivity index (χ3n) is 4.78. The highest BCUT2D eigenvalue weighted by molar-refractivity contribution is 7.87. The van der Waals surface area contributed by atoms with Crippen LogP contribution in [0, 0.1) is 0 Å². The Bertz CT molecular complexity index is 1510. The van der Waals surface area contributed by atoms with Gasteiger partial charge in [0.25, 0.3) is 0 Å². The monoisotopic (exact) mass is 553 g/mol. The van der Waals surface area contributed by atoms with Gasteiger partial charge in [-0.1, -0.05) is 34.8 Å². The van der Waals surface area contributed by atoms with Gasteiger partial charge in [0.1, 0.15) is 34.3 Å². The fraction of sp³-hybridized carbons (Fsp3) is 0.130. The molecule has 4 aromatic rings. The first-order chi connectivity index (χ1) is 16.7. The average Bonchev–Trinajstić information content (AvgIpc) is 3.17. The third kappa shape index (κ3) is 5.65. The number of carbonyl (C=O) groups is 1. The third-order valence-corrected chi connectivity index (χ3v) is 6.97. The first-order valence-corrected chi connectivity index (χ1v) is 12.8. The number of nitrogens with one attached hydrogen (secondary N) is 1. The summed E-state index contributed by atoms with van der Waals surface area (Å²) in [6.07, 6.45) is 1.67. The van der Waals surface area contributed by atoms with E-state index >= 15 is 0 Å². The maximum atomic E-state index is 12.7. The summed E-state index contributed by atoms with van der Waals surface area (Å²) in [5.41, 5.74) is 1.75. The standard InChI is InChI=1S/C23H18Cl3N3O5S/c1-2-33-21(30)12-27-23-22(28-20-10-6-16(25)13-29(20)23)14-3-7-17(8-4-14)34-35(31,32)19-11-15(24)5-9-18(19)26/h3-11,13,27H,2,12H2,1H3. The van der Waals surface area contributed by atoms with Crippen LogP contribution in [0.2, 0.25) is 15.1 Å². The van der Waals surface area contributed by atoms with Crippen molar-refractivity contribution >= 4 is 62.4 Å². The highest BCUT2D eigenvalue weighted by atomic mass is 35.5. The molecule has 0 saturated carbocycles. The van der Waals surface area contributed by atoms with Crippen molar-refractivity contribution in [2.45, 2.75) is 11.8 Å². The van der Waals surface area contributed by atoms with Crippen LogP contribution in [0.1, 0.15) is 6.92 Å². The molecule has 0 saturated heterocycles. The molecule has 0 bridgehead atoms. The zero-order chi connectivity index (χ0) is 25.2. The number of ether oxygens (including phenoxy) is 1. The van der Waals surface area contributed by atoms with Crippen LogP contribution in [-0.4, -0.2) is 36.9 Å². The second-order valence-electron chi connectivity index (χ2n) is 7.18. The summed E-state index contributed by atoms with van der Waals surface area (Å²) in [6.45, 7) is 1.90. The van der Waals surface area contributed by atoms with Crippen molar-refractivity contribution in [3.05, 3.63) is 75.9 Å². The summed E-state index contributed by atoms with van der Waals surface area (Å²) in [5, 5.41) is 3.73. The molecule has 0 aliphatic heterocycles. The summed E-state index contributed by atoms with van der Waals surface area (Å²) in [5.74, 6) is 0.157. The molecule has 0 radical (unpaired) electrons. The number of rotatable bonds is 8. The molecule has 0 spiro atoms. The van der Waals surface area contributed by atoms with Gasteiger partial charge < -0.3 is 14.2 Å². The van der Waals surface area contributed by atoms with Crippen molar-refractivity contribution in [2.24, 2.45) is 0 Å². The van der Waals surface area contributed by atoms with Crippen LogP contribution in [0.3, 0.4) is 0 Å². The maximum Gasteiger partial charge on any atom is 0.340 e. The molecule has 2 aromatic heterocycles. The molecule has 12 heteroatoms. The second kappa shape index (κ2) is 10.3. The molecule has 182 valence electrons. The van der Waals surface area contributed by atoms with Crippen LogP contribution < -0.4 is 9.50 Å². The predicted molar refractivity (Wildman–Crippen MR) is 135 cm³/mol. The number of fused-ring (bicyclic) bond motifs is 1. The highest BCUT2D eigenvalue weighted by Gasteiger charge is 2.22. The molecular weight excluding hydrogens is 537 g/mol. The molecule has 1 N–H and O–H groups in total. The molecule has 0 atom stereocenters. The van der Waals surface area contributed by atoms with Crippen LogP contribution in [0.5, 0.6) is 5.75 Å². The van der Waals surface area contributed by atoms with Gasteiger partial charge in [-0.2, -0.15) is 8.42 Å². The van der Waals surface area contributed by atoms with Crippen molar-refractivity contribution < 1.29 is 22.1 Å². The number of esters is 1. The number of halogens is 3. The average molecular weight is 555 g/mol. The fourth-order valence-corrected chi connectivity index (χ4v) is 5.10. The lowest BCUT2D eigenvalue weighted by molar-refractivity contribution is -0.140. The number of hydrogen-bond acceptors (Lipinski definition) is 7. The first kappa shape index (κ1) is 25.1. The molecule has 4 rings (SSSR count). The van der Waals surface area contributed by atoms with E-state index < -0.39 is 16.1 Å². The van der Waals surface area contributed by atoms with E-state index in [4.69, 9.17) is 43.7 Å². The molecule has 0 unspecified atom stereocenters. The smallest absolute Gasteiger partial charge is 0.340 e. The van der Waals surface area contributed by atoms with Crippen LogP contribution in [0.4, 0.5) is 5.82 Å². The second-order valence-corrected chi connectivity index (χ2v) is 9.97. The topological polar surface area (TPSA) is 99.0 Å². The van der Waals surface area contributed by atoms with Gasteiger partial charge in [0.15, 0.2) is 0 Å². The van der Waals surface area contributed by atoms with E-state index in [9.17, 15) is 13.2 Å². The van der Waals surface area contributed by atoms with E-state index in [0.717, 1.165) is 0 Å². The quantitative estimate of drug-likeness (QED) is 0.220. The fourth-order valence-electron chi connectivity index (χ4n) is 3.27. The highest BCUT2D eigenvalue weighted by Crippen LogP contribution is 2.32. The minimum absolute atomic E-state index is 0.00769. The number of pyridine rings is 1. The molecule has 0 fully saturated rings. The van der Waals surface area contributed by atoms with Crippen molar-refractivity contribution in [1.29, 1.82) is 0 Å². The van der Waals surface area contributed by atoms with Gasteiger partial charge in [-0.25, -0.2) is 4.98 Å². The Morgan fingerprint density at radius 1 is 1.03 bits per heavy atom. The van der Waals surface area contributed by atoms with E-state index in [1.54, 1.807) is 41.8 Å². The van der Waals surface area contributed by atoms with Gasteiger partial charge in [-0.05, 0) is 61.5 Å². The van der Waals surface area contributed by atoms with Gasteiger partial charge in [-0.3, -0.25) is 9.20 Å². The van der Waals surface area contributed by atoms with Crippen molar-refractivity contribution in [1.82, 2.24) is 9.38 Å².